The van der Waals surface area contributed by atoms with E-state index in [0.29, 0.717) is 29.4 Å². The molecule has 142 valence electrons. The molecule has 26 heavy (non-hydrogen) atoms. The van der Waals surface area contributed by atoms with Crippen molar-refractivity contribution in [3.63, 3.8) is 0 Å². The van der Waals surface area contributed by atoms with Gasteiger partial charge in [-0.05, 0) is 63.7 Å². The maximum atomic E-state index is 13.0. The fourth-order valence-corrected chi connectivity index (χ4v) is 5.83. The lowest BCUT2D eigenvalue weighted by Gasteiger charge is -2.25. The van der Waals surface area contributed by atoms with Crippen molar-refractivity contribution in [1.29, 1.82) is 0 Å². The number of hydrogen-bond donors (Lipinski definition) is 0. The highest BCUT2D eigenvalue weighted by molar-refractivity contribution is 7.89. The van der Waals surface area contributed by atoms with Gasteiger partial charge >= 0.3 is 0 Å². The molecule has 2 aromatic heterocycles. The van der Waals surface area contributed by atoms with Gasteiger partial charge in [0.25, 0.3) is 10.0 Å². The molecular formula is C18H25N3O4S. The van der Waals surface area contributed by atoms with Crippen LogP contribution >= 0.6 is 0 Å². The molecule has 0 aromatic carbocycles. The average Bonchev–Trinajstić information content (AvgIpc) is 3.35. The summed E-state index contributed by atoms with van der Waals surface area (Å²) in [6.45, 7) is 0. The van der Waals surface area contributed by atoms with Gasteiger partial charge in [-0.2, -0.15) is 4.31 Å². The predicted molar refractivity (Wildman–Crippen MR) is 95.9 cm³/mol. The van der Waals surface area contributed by atoms with Crippen LogP contribution in [-0.4, -0.2) is 56.0 Å². The minimum Gasteiger partial charge on any atom is -0.440 e. The molecule has 2 fully saturated rings. The number of furan rings is 1. The van der Waals surface area contributed by atoms with E-state index in [2.05, 4.69) is 24.2 Å². The Morgan fingerprint density at radius 2 is 1.62 bits per heavy atom. The molecule has 0 N–H and O–H groups in total. The highest BCUT2D eigenvalue weighted by Gasteiger charge is 2.45. The van der Waals surface area contributed by atoms with Crippen LogP contribution in [0.5, 0.6) is 0 Å². The van der Waals surface area contributed by atoms with Crippen LogP contribution < -0.4 is 0 Å². The zero-order valence-corrected chi connectivity index (χ0v) is 16.1. The molecule has 4 rings (SSSR count). The fraction of sp³-hybridized carbons (Fsp3) is 0.611. The average molecular weight is 379 g/mol. The lowest BCUT2D eigenvalue weighted by Crippen LogP contribution is -2.36. The summed E-state index contributed by atoms with van der Waals surface area (Å²) < 4.78 is 38.0. The van der Waals surface area contributed by atoms with E-state index in [9.17, 15) is 8.42 Å². The standard InChI is InChI=1S/C18H25N3O4S/c1-20(2)14-8-12-10-15(11-13(12)9-14)21(3)26(22,23)18-5-4-16(24-18)17-6-7-19-25-17/h4-7,12-15H,8-11H2,1-3H3/t12-,13+,14?,15?. The molecule has 0 spiro atoms. The zero-order chi connectivity index (χ0) is 18.5. The first-order chi connectivity index (χ1) is 12.4. The van der Waals surface area contributed by atoms with E-state index in [0.717, 1.165) is 12.8 Å². The molecule has 0 bridgehead atoms. The Labute approximate surface area is 154 Å². The predicted octanol–water partition coefficient (Wildman–Crippen LogP) is 2.67. The van der Waals surface area contributed by atoms with Gasteiger partial charge < -0.3 is 13.8 Å². The van der Waals surface area contributed by atoms with Crippen LogP contribution in [0.25, 0.3) is 11.5 Å². The number of hydrogen-bond acceptors (Lipinski definition) is 6. The summed E-state index contributed by atoms with van der Waals surface area (Å²) in [6, 6.07) is 5.39. The second kappa shape index (κ2) is 6.51. The molecule has 0 amide bonds. The third-order valence-corrected chi connectivity index (χ3v) is 7.89. The van der Waals surface area contributed by atoms with E-state index in [4.69, 9.17) is 8.94 Å². The Kier molecular flexibility index (Phi) is 4.45. The van der Waals surface area contributed by atoms with Crippen LogP contribution in [0.4, 0.5) is 0 Å². The zero-order valence-electron chi connectivity index (χ0n) is 15.3. The normalized spacial score (nSPS) is 29.0. The Balaban J connectivity index is 1.48. The van der Waals surface area contributed by atoms with Crippen molar-refractivity contribution in [3.8, 4) is 11.5 Å². The monoisotopic (exact) mass is 379 g/mol. The van der Waals surface area contributed by atoms with Gasteiger partial charge in [0, 0.05) is 25.2 Å². The van der Waals surface area contributed by atoms with Crippen LogP contribution in [0.15, 0.2) is 38.4 Å². The summed E-state index contributed by atoms with van der Waals surface area (Å²) in [5.74, 6) is 2.02. The summed E-state index contributed by atoms with van der Waals surface area (Å²) in [6.07, 6.45) is 5.69. The molecule has 8 heteroatoms. The van der Waals surface area contributed by atoms with E-state index in [1.165, 1.54) is 29.4 Å². The fourth-order valence-electron chi connectivity index (χ4n) is 4.54. The summed E-state index contributed by atoms with van der Waals surface area (Å²) in [7, 11) is 2.26. The van der Waals surface area contributed by atoms with Gasteiger partial charge in [-0.1, -0.05) is 5.16 Å². The third-order valence-electron chi connectivity index (χ3n) is 6.11. The molecule has 7 nitrogen and oxygen atoms in total. The number of fused-ring (bicyclic) bond motifs is 1. The lowest BCUT2D eigenvalue weighted by molar-refractivity contribution is 0.267. The summed E-state index contributed by atoms with van der Waals surface area (Å²) >= 11 is 0. The maximum absolute atomic E-state index is 13.0. The lowest BCUT2D eigenvalue weighted by atomic mass is 10.0. The van der Waals surface area contributed by atoms with Gasteiger partial charge in [-0.15, -0.1) is 0 Å². The van der Waals surface area contributed by atoms with Crippen molar-refractivity contribution < 1.29 is 17.4 Å². The quantitative estimate of drug-likeness (QED) is 0.795. The van der Waals surface area contributed by atoms with Crippen LogP contribution in [0, 0.1) is 11.8 Å². The van der Waals surface area contributed by atoms with Crippen molar-refractivity contribution >= 4 is 10.0 Å². The topological polar surface area (TPSA) is 79.8 Å². The van der Waals surface area contributed by atoms with Crippen molar-refractivity contribution in [3.05, 3.63) is 24.4 Å². The first-order valence-corrected chi connectivity index (χ1v) is 10.5. The molecule has 2 aliphatic carbocycles. The van der Waals surface area contributed by atoms with Crippen LogP contribution in [0.1, 0.15) is 25.7 Å². The van der Waals surface area contributed by atoms with E-state index in [1.807, 2.05) is 0 Å². The molecule has 0 aliphatic heterocycles. The highest BCUT2D eigenvalue weighted by atomic mass is 32.2. The van der Waals surface area contributed by atoms with Gasteiger partial charge in [-0.25, -0.2) is 8.42 Å². The number of rotatable bonds is 5. The molecule has 2 saturated carbocycles. The Hall–Kier alpha value is -1.64. The summed E-state index contributed by atoms with van der Waals surface area (Å²) in [5, 5.41) is 3.57. The third kappa shape index (κ3) is 3.00. The van der Waals surface area contributed by atoms with E-state index >= 15 is 0 Å². The van der Waals surface area contributed by atoms with Gasteiger partial charge in [0.15, 0.2) is 5.76 Å². The summed E-state index contributed by atoms with van der Waals surface area (Å²) in [4.78, 5) is 2.29. The molecule has 0 saturated heterocycles. The minimum absolute atomic E-state index is 0.0388. The Bertz CT molecular complexity index is 845. The summed E-state index contributed by atoms with van der Waals surface area (Å²) in [5.41, 5.74) is 0. The number of nitrogens with zero attached hydrogens (tertiary/aromatic N) is 3. The second-order valence-corrected chi connectivity index (χ2v) is 9.68. The minimum atomic E-state index is -3.66. The van der Waals surface area contributed by atoms with Crippen LogP contribution in [-0.2, 0) is 10.0 Å². The molecular weight excluding hydrogens is 354 g/mol. The first kappa shape index (κ1) is 17.8. The number of sulfonamides is 1. The molecule has 4 atom stereocenters. The largest absolute Gasteiger partial charge is 0.440 e. The van der Waals surface area contributed by atoms with Gasteiger partial charge in [0.05, 0.1) is 6.20 Å². The van der Waals surface area contributed by atoms with E-state index in [-0.39, 0.29) is 11.1 Å². The van der Waals surface area contributed by atoms with Crippen LogP contribution in [0.2, 0.25) is 0 Å². The van der Waals surface area contributed by atoms with Crippen molar-refractivity contribution in [2.24, 2.45) is 11.8 Å². The number of aromatic nitrogens is 1. The molecule has 2 heterocycles. The smallest absolute Gasteiger partial charge is 0.276 e. The highest BCUT2D eigenvalue weighted by Crippen LogP contribution is 2.47. The van der Waals surface area contributed by atoms with E-state index < -0.39 is 10.0 Å². The van der Waals surface area contributed by atoms with Crippen molar-refractivity contribution in [2.45, 2.75) is 42.9 Å². The SMILES string of the molecule is CN(C)C1C[C@@H]2CC(N(C)S(=O)(=O)c3ccc(-c4ccno4)o3)C[C@@H]2C1. The van der Waals surface area contributed by atoms with E-state index in [1.54, 1.807) is 19.2 Å². The van der Waals surface area contributed by atoms with Crippen molar-refractivity contribution in [2.75, 3.05) is 21.1 Å². The van der Waals surface area contributed by atoms with Gasteiger partial charge in [0.1, 0.15) is 0 Å². The molecule has 2 aliphatic rings. The Morgan fingerprint density at radius 1 is 0.962 bits per heavy atom. The van der Waals surface area contributed by atoms with Crippen LogP contribution in [0.3, 0.4) is 0 Å². The van der Waals surface area contributed by atoms with Crippen molar-refractivity contribution in [1.82, 2.24) is 14.4 Å². The Morgan fingerprint density at radius 3 is 2.19 bits per heavy atom. The maximum Gasteiger partial charge on any atom is 0.276 e. The second-order valence-electron chi connectivity index (χ2n) is 7.75. The first-order valence-electron chi connectivity index (χ1n) is 9.01. The molecule has 0 radical (unpaired) electrons. The van der Waals surface area contributed by atoms with Gasteiger partial charge in [-0.3, -0.25) is 0 Å². The van der Waals surface area contributed by atoms with Gasteiger partial charge in [0.2, 0.25) is 10.9 Å². The molecule has 2 aromatic rings. The molecule has 2 unspecified atom stereocenters.